The maximum atomic E-state index is 9.56. The van der Waals surface area contributed by atoms with E-state index in [1.165, 1.54) is 102 Å². The summed E-state index contributed by atoms with van der Waals surface area (Å²) in [5, 5.41) is 8.67. The molecular formula is C21H43NaO5S. The van der Waals surface area contributed by atoms with Gasteiger partial charge in [-0.1, -0.05) is 109 Å². The molecule has 28 heavy (non-hydrogen) atoms. The van der Waals surface area contributed by atoms with E-state index >= 15 is 0 Å². The summed E-state index contributed by atoms with van der Waals surface area (Å²) in [4.78, 5) is 0. The SMILES string of the molecule is C=CCOS(=O)(=O)[O-].CCCCCCCCCCCCCCCCCCO.[Na+]. The van der Waals surface area contributed by atoms with Crippen molar-refractivity contribution in [1.82, 2.24) is 0 Å². The van der Waals surface area contributed by atoms with Crippen molar-refractivity contribution < 1.29 is 51.8 Å². The molecule has 0 saturated heterocycles. The molecule has 0 aliphatic rings. The fourth-order valence-corrected chi connectivity index (χ4v) is 3.05. The Morgan fingerprint density at radius 3 is 1.32 bits per heavy atom. The first-order valence-corrected chi connectivity index (χ1v) is 12.1. The number of hydrogen-bond acceptors (Lipinski definition) is 5. The van der Waals surface area contributed by atoms with Gasteiger partial charge in [-0.05, 0) is 6.42 Å². The fourth-order valence-electron chi connectivity index (χ4n) is 2.79. The van der Waals surface area contributed by atoms with Gasteiger partial charge in [-0.3, -0.25) is 4.18 Å². The van der Waals surface area contributed by atoms with Crippen LogP contribution in [0.2, 0.25) is 0 Å². The molecule has 0 rings (SSSR count). The minimum atomic E-state index is -4.51. The molecule has 7 heteroatoms. The molecule has 0 aromatic heterocycles. The molecule has 0 bridgehead atoms. The summed E-state index contributed by atoms with van der Waals surface area (Å²) >= 11 is 0. The minimum Gasteiger partial charge on any atom is -0.726 e. The van der Waals surface area contributed by atoms with Gasteiger partial charge in [0.15, 0.2) is 0 Å². The topological polar surface area (TPSA) is 86.7 Å². The van der Waals surface area contributed by atoms with E-state index in [0.29, 0.717) is 6.61 Å². The maximum absolute atomic E-state index is 9.56. The molecule has 0 fully saturated rings. The van der Waals surface area contributed by atoms with Gasteiger partial charge in [0.1, 0.15) is 0 Å². The van der Waals surface area contributed by atoms with Crippen LogP contribution in [0.5, 0.6) is 0 Å². The third-order valence-electron chi connectivity index (χ3n) is 4.34. The van der Waals surface area contributed by atoms with E-state index < -0.39 is 10.4 Å². The Labute approximate surface area is 197 Å². The molecule has 0 unspecified atom stereocenters. The molecule has 0 aromatic carbocycles. The summed E-state index contributed by atoms with van der Waals surface area (Å²) in [6.07, 6.45) is 23.3. The molecule has 0 atom stereocenters. The summed E-state index contributed by atoms with van der Waals surface area (Å²) in [7, 11) is -4.51. The number of rotatable bonds is 19. The smallest absolute Gasteiger partial charge is 0.726 e. The quantitative estimate of drug-likeness (QED) is 0.112. The Morgan fingerprint density at radius 1 is 0.786 bits per heavy atom. The number of unbranched alkanes of at least 4 members (excludes halogenated alkanes) is 15. The molecular weight excluding hydrogens is 387 g/mol. The second kappa shape index (κ2) is 27.6. The van der Waals surface area contributed by atoms with Gasteiger partial charge in [0.05, 0.1) is 6.61 Å². The first-order valence-electron chi connectivity index (χ1n) is 10.8. The predicted octanol–water partition coefficient (Wildman–Crippen LogP) is 2.89. The summed E-state index contributed by atoms with van der Waals surface area (Å²) in [6, 6.07) is 0. The van der Waals surface area contributed by atoms with Crippen LogP contribution in [-0.2, 0) is 14.6 Å². The van der Waals surface area contributed by atoms with E-state index in [-0.39, 0.29) is 36.2 Å². The Balaban J connectivity index is -0.000000587. The molecule has 0 radical (unpaired) electrons. The Hall–Kier alpha value is 0.570. The molecule has 0 saturated carbocycles. The second-order valence-corrected chi connectivity index (χ2v) is 8.06. The zero-order chi connectivity index (χ0) is 20.6. The van der Waals surface area contributed by atoms with E-state index in [0.717, 1.165) is 6.42 Å². The molecule has 0 spiro atoms. The number of aliphatic hydroxyl groups is 1. The summed E-state index contributed by atoms with van der Waals surface area (Å²) in [6.45, 7) is 5.54. The van der Waals surface area contributed by atoms with E-state index in [4.69, 9.17) is 5.11 Å². The number of hydrogen-bond donors (Lipinski definition) is 1. The van der Waals surface area contributed by atoms with Gasteiger partial charge >= 0.3 is 29.6 Å². The average molecular weight is 431 g/mol. The molecule has 5 nitrogen and oxygen atoms in total. The van der Waals surface area contributed by atoms with Crippen LogP contribution < -0.4 is 29.6 Å². The maximum Gasteiger partial charge on any atom is 1.00 e. The molecule has 1 N–H and O–H groups in total. The van der Waals surface area contributed by atoms with Crippen LogP contribution in [0.1, 0.15) is 110 Å². The summed E-state index contributed by atoms with van der Waals surface area (Å²) in [5.74, 6) is 0. The van der Waals surface area contributed by atoms with Gasteiger partial charge in [0, 0.05) is 6.61 Å². The first-order chi connectivity index (χ1) is 13.0. The molecule has 0 amide bonds. The van der Waals surface area contributed by atoms with Crippen LogP contribution >= 0.6 is 0 Å². The summed E-state index contributed by atoms with van der Waals surface area (Å²) in [5.41, 5.74) is 0. The van der Waals surface area contributed by atoms with Crippen LogP contribution in [0.15, 0.2) is 12.7 Å². The van der Waals surface area contributed by atoms with Crippen molar-refractivity contribution in [2.75, 3.05) is 13.2 Å². The van der Waals surface area contributed by atoms with Crippen LogP contribution in [0.4, 0.5) is 0 Å². The van der Waals surface area contributed by atoms with Crippen molar-refractivity contribution in [1.29, 1.82) is 0 Å². The normalized spacial score (nSPS) is 10.7. The Bertz CT molecular complexity index is 372. The van der Waals surface area contributed by atoms with Crippen molar-refractivity contribution in [3.05, 3.63) is 12.7 Å². The first kappa shape index (κ1) is 33.2. The van der Waals surface area contributed by atoms with Gasteiger partial charge in [-0.15, -0.1) is 6.58 Å². The third kappa shape index (κ3) is 37.3. The van der Waals surface area contributed by atoms with Gasteiger partial charge in [-0.2, -0.15) is 0 Å². The summed E-state index contributed by atoms with van der Waals surface area (Å²) < 4.78 is 32.4. The minimum absolute atomic E-state index is 0. The molecule has 164 valence electrons. The van der Waals surface area contributed by atoms with Crippen molar-refractivity contribution in [3.8, 4) is 0 Å². The van der Waals surface area contributed by atoms with Gasteiger partial charge in [0.2, 0.25) is 10.4 Å². The van der Waals surface area contributed by atoms with Crippen molar-refractivity contribution >= 4 is 10.4 Å². The van der Waals surface area contributed by atoms with Crippen LogP contribution in [0, 0.1) is 0 Å². The average Bonchev–Trinajstić information content (AvgIpc) is 2.63. The molecule has 0 aromatic rings. The van der Waals surface area contributed by atoms with E-state index in [9.17, 15) is 13.0 Å². The molecule has 0 aliphatic carbocycles. The fraction of sp³-hybridized carbons (Fsp3) is 0.905. The second-order valence-electron chi connectivity index (χ2n) is 7.01. The predicted molar refractivity (Wildman–Crippen MR) is 112 cm³/mol. The zero-order valence-electron chi connectivity index (χ0n) is 18.5. The van der Waals surface area contributed by atoms with Gasteiger partial charge in [0.25, 0.3) is 0 Å². The van der Waals surface area contributed by atoms with Crippen LogP contribution in [-0.4, -0.2) is 31.3 Å². The van der Waals surface area contributed by atoms with E-state index in [1.54, 1.807) is 0 Å². The van der Waals surface area contributed by atoms with E-state index in [1.807, 2.05) is 0 Å². The van der Waals surface area contributed by atoms with Crippen LogP contribution in [0.25, 0.3) is 0 Å². The Kier molecular flexibility index (Phi) is 32.7. The van der Waals surface area contributed by atoms with Crippen molar-refractivity contribution in [2.24, 2.45) is 0 Å². The monoisotopic (exact) mass is 430 g/mol. The van der Waals surface area contributed by atoms with Crippen LogP contribution in [0.3, 0.4) is 0 Å². The van der Waals surface area contributed by atoms with Crippen molar-refractivity contribution in [3.63, 3.8) is 0 Å². The van der Waals surface area contributed by atoms with Gasteiger partial charge < -0.3 is 9.66 Å². The number of aliphatic hydroxyl groups excluding tert-OH is 1. The zero-order valence-corrected chi connectivity index (χ0v) is 21.3. The van der Waals surface area contributed by atoms with E-state index in [2.05, 4.69) is 17.7 Å². The van der Waals surface area contributed by atoms with Gasteiger partial charge in [-0.25, -0.2) is 8.42 Å². The molecule has 0 heterocycles. The third-order valence-corrected chi connectivity index (χ3v) is 4.77. The Morgan fingerprint density at radius 2 is 1.11 bits per heavy atom. The van der Waals surface area contributed by atoms with Crippen molar-refractivity contribution in [2.45, 2.75) is 110 Å². The largest absolute Gasteiger partial charge is 1.00 e. The standard InChI is InChI=1S/C18H38O.C3H6O4S.Na/c1-2-3-4-5-6-7-8-9-10-11-12-13-14-15-16-17-18-19;1-2-3-7-8(4,5)6;/h19H,2-18H2,1H3;2H,1,3H2,(H,4,5,6);/q;;+1/p-1. The molecule has 0 aliphatic heterocycles.